The Morgan fingerprint density at radius 1 is 1.10 bits per heavy atom. The van der Waals surface area contributed by atoms with Crippen molar-refractivity contribution in [2.45, 2.75) is 57.3 Å². The van der Waals surface area contributed by atoms with Gasteiger partial charge in [0.25, 0.3) is 21.6 Å². The fourth-order valence-electron chi connectivity index (χ4n) is 8.43. The van der Waals surface area contributed by atoms with E-state index < -0.39 is 31.4 Å². The summed E-state index contributed by atoms with van der Waals surface area (Å²) < 4.78 is 56.3. The molecule has 1 saturated heterocycles. The molecule has 1 fully saturated rings. The molecule has 2 aromatic heterocycles. The molecular formula is C46H48ClFN6O7S. The molecule has 16 heteroatoms. The van der Waals surface area contributed by atoms with Crippen LogP contribution < -0.4 is 14.8 Å². The Morgan fingerprint density at radius 3 is 2.68 bits per heavy atom. The largest absolute Gasteiger partial charge is 0.455 e. The van der Waals surface area contributed by atoms with Crippen molar-refractivity contribution in [2.24, 2.45) is 11.3 Å². The van der Waals surface area contributed by atoms with Gasteiger partial charge in [-0.05, 0) is 115 Å². The van der Waals surface area contributed by atoms with Crippen molar-refractivity contribution >= 4 is 61.1 Å². The molecule has 0 spiro atoms. The van der Waals surface area contributed by atoms with Crippen LogP contribution in [0.2, 0.25) is 5.02 Å². The zero-order chi connectivity index (χ0) is 43.6. The molecule has 3 aliphatic rings. The first kappa shape index (κ1) is 43.1. The molecule has 0 saturated carbocycles. The van der Waals surface area contributed by atoms with Gasteiger partial charge < -0.3 is 19.8 Å². The summed E-state index contributed by atoms with van der Waals surface area (Å²) in [4.78, 5) is 34.7. The van der Waals surface area contributed by atoms with E-state index in [1.165, 1.54) is 36.0 Å². The molecule has 2 aliphatic heterocycles. The number of halogens is 2. The number of fused-ring (bicyclic) bond motifs is 1. The minimum Gasteiger partial charge on any atom is -0.455 e. The zero-order valence-corrected chi connectivity index (χ0v) is 36.1. The van der Waals surface area contributed by atoms with Crippen molar-refractivity contribution in [3.63, 3.8) is 0 Å². The predicted molar refractivity (Wildman–Crippen MR) is 237 cm³/mol. The Hall–Kier alpha value is -5.61. The van der Waals surface area contributed by atoms with Crippen molar-refractivity contribution in [1.82, 2.24) is 19.6 Å². The summed E-state index contributed by atoms with van der Waals surface area (Å²) in [5.74, 6) is -0.608. The number of allylic oxidation sites excluding steroid dienone is 1. The van der Waals surface area contributed by atoms with Crippen LogP contribution in [0.4, 0.5) is 15.8 Å². The molecular weight excluding hydrogens is 835 g/mol. The number of hydrogen-bond donors (Lipinski definition) is 3. The molecule has 0 atom stereocenters. The lowest BCUT2D eigenvalue weighted by atomic mass is 9.72. The van der Waals surface area contributed by atoms with Crippen molar-refractivity contribution in [3.05, 3.63) is 128 Å². The summed E-state index contributed by atoms with van der Waals surface area (Å²) >= 11 is 6.10. The van der Waals surface area contributed by atoms with Crippen LogP contribution >= 0.6 is 11.6 Å². The van der Waals surface area contributed by atoms with Crippen molar-refractivity contribution in [3.8, 4) is 11.5 Å². The number of benzene rings is 3. The number of carbonyl (C=O) groups is 1. The van der Waals surface area contributed by atoms with Gasteiger partial charge in [0.15, 0.2) is 0 Å². The van der Waals surface area contributed by atoms with Crippen LogP contribution in [-0.4, -0.2) is 73.5 Å². The Kier molecular flexibility index (Phi) is 12.5. The highest BCUT2D eigenvalue weighted by Gasteiger charge is 2.31. The van der Waals surface area contributed by atoms with Gasteiger partial charge in [0.1, 0.15) is 28.7 Å². The number of nitrogens with zero attached hydrogens (tertiary/aromatic N) is 3. The topological polar surface area (TPSA) is 169 Å². The second-order valence-corrected chi connectivity index (χ2v) is 19.1. The predicted octanol–water partition coefficient (Wildman–Crippen LogP) is 9.77. The van der Waals surface area contributed by atoms with E-state index in [0.717, 1.165) is 66.8 Å². The highest BCUT2D eigenvalue weighted by atomic mass is 35.5. The number of aromatic amines is 1. The van der Waals surface area contributed by atoms with Gasteiger partial charge in [-0.15, -0.1) is 0 Å². The van der Waals surface area contributed by atoms with Crippen LogP contribution in [0, 0.1) is 27.3 Å². The van der Waals surface area contributed by atoms with Gasteiger partial charge in [0.05, 0.1) is 21.6 Å². The normalized spacial score (nSPS) is 17.5. The summed E-state index contributed by atoms with van der Waals surface area (Å²) in [7, 11) is -4.58. The lowest BCUT2D eigenvalue weighted by molar-refractivity contribution is -0.384. The summed E-state index contributed by atoms with van der Waals surface area (Å²) in [6.07, 6.45) is 10.3. The first-order chi connectivity index (χ1) is 29.7. The number of aromatic nitrogens is 2. The Labute approximate surface area is 364 Å². The highest BCUT2D eigenvalue weighted by molar-refractivity contribution is 7.90. The first-order valence-corrected chi connectivity index (χ1v) is 22.6. The number of hydrogen-bond acceptors (Lipinski definition) is 10. The maximum atomic E-state index is 15.2. The molecule has 3 N–H and O–H groups in total. The third-order valence-electron chi connectivity index (χ3n) is 12.0. The van der Waals surface area contributed by atoms with Crippen molar-refractivity contribution < 1.29 is 32.0 Å². The smallest absolute Gasteiger partial charge is 0.293 e. The average molecular weight is 883 g/mol. The lowest BCUT2D eigenvalue weighted by Gasteiger charge is -2.36. The van der Waals surface area contributed by atoms with Gasteiger partial charge in [-0.1, -0.05) is 49.2 Å². The molecule has 3 aromatic carbocycles. The summed E-state index contributed by atoms with van der Waals surface area (Å²) in [5, 5.41) is 16.3. The maximum Gasteiger partial charge on any atom is 0.293 e. The second kappa shape index (κ2) is 18.0. The van der Waals surface area contributed by atoms with Gasteiger partial charge in [-0.3, -0.25) is 19.8 Å². The van der Waals surface area contributed by atoms with E-state index in [1.807, 2.05) is 6.07 Å². The zero-order valence-electron chi connectivity index (χ0n) is 34.5. The van der Waals surface area contributed by atoms with Crippen LogP contribution in [-0.2, 0) is 14.8 Å². The van der Waals surface area contributed by atoms with E-state index in [2.05, 4.69) is 44.8 Å². The van der Waals surface area contributed by atoms with Gasteiger partial charge >= 0.3 is 0 Å². The van der Waals surface area contributed by atoms with Crippen LogP contribution in [0.1, 0.15) is 73.9 Å². The number of amides is 1. The van der Waals surface area contributed by atoms with Gasteiger partial charge in [0.2, 0.25) is 0 Å². The number of pyridine rings is 1. The molecule has 1 amide bonds. The minimum absolute atomic E-state index is 0.0466. The number of nitro groups is 1. The fraction of sp³-hybridized carbons (Fsp3) is 0.348. The van der Waals surface area contributed by atoms with E-state index in [-0.39, 0.29) is 34.2 Å². The van der Waals surface area contributed by atoms with Crippen LogP contribution in [0.15, 0.2) is 95.7 Å². The summed E-state index contributed by atoms with van der Waals surface area (Å²) in [6, 6.07) is 17.0. The Balaban J connectivity index is 1.03. The molecule has 0 unspecified atom stereocenters. The molecule has 5 aromatic rings. The summed E-state index contributed by atoms with van der Waals surface area (Å²) in [6.45, 7) is 8.21. The van der Waals surface area contributed by atoms with E-state index in [4.69, 9.17) is 21.1 Å². The molecule has 13 nitrogen and oxygen atoms in total. The third kappa shape index (κ3) is 9.86. The van der Waals surface area contributed by atoms with Crippen LogP contribution in [0.5, 0.6) is 11.5 Å². The highest BCUT2D eigenvalue weighted by Crippen LogP contribution is 2.44. The van der Waals surface area contributed by atoms with Gasteiger partial charge in [0, 0.05) is 67.6 Å². The Morgan fingerprint density at radius 2 is 1.92 bits per heavy atom. The second-order valence-electron chi connectivity index (χ2n) is 17.0. The number of nitro benzene ring substituents is 1. The van der Waals surface area contributed by atoms with Crippen LogP contribution in [0.25, 0.3) is 22.2 Å². The summed E-state index contributed by atoms with van der Waals surface area (Å²) in [5.41, 5.74) is 5.06. The lowest BCUT2D eigenvalue weighted by Crippen LogP contribution is -2.32. The maximum absolute atomic E-state index is 15.2. The average Bonchev–Trinajstić information content (AvgIpc) is 3.72. The van der Waals surface area contributed by atoms with E-state index in [0.29, 0.717) is 61.3 Å². The van der Waals surface area contributed by atoms with E-state index in [1.54, 1.807) is 36.5 Å². The molecule has 0 radical (unpaired) electrons. The quantitative estimate of drug-likeness (QED) is 0.0765. The number of ether oxygens (including phenoxy) is 2. The third-order valence-corrected chi connectivity index (χ3v) is 13.5. The number of nitrogens with one attached hydrogen (secondary N) is 3. The first-order valence-electron chi connectivity index (χ1n) is 20.7. The SMILES string of the molecule is CC1(C)CCC(CN2CC=C(c3ccc(C(=O)NS(=O)(=O)c4ccc(NCC5CCOCC5)c([N+](=O)[O-])c4)c(Oc4cnc5[nH]ccc5c4)c3)CC2)=C(c2ccc(Cl)cc2F)C1. The van der Waals surface area contributed by atoms with Crippen LogP contribution in [0.3, 0.4) is 0 Å². The number of sulfonamides is 1. The van der Waals surface area contributed by atoms with E-state index in [9.17, 15) is 23.3 Å². The number of H-pyrrole nitrogens is 1. The monoisotopic (exact) mass is 882 g/mol. The van der Waals surface area contributed by atoms with Crippen molar-refractivity contribution in [2.75, 3.05) is 44.7 Å². The van der Waals surface area contributed by atoms with Gasteiger partial charge in [-0.25, -0.2) is 22.5 Å². The number of carbonyl (C=O) groups excluding carboxylic acids is 1. The molecule has 8 rings (SSSR count). The fourth-order valence-corrected chi connectivity index (χ4v) is 9.57. The number of anilines is 1. The van der Waals surface area contributed by atoms with Gasteiger partial charge in [-0.2, -0.15) is 0 Å². The number of rotatable bonds is 13. The molecule has 1 aliphatic carbocycles. The molecule has 62 heavy (non-hydrogen) atoms. The van der Waals surface area contributed by atoms with Crippen molar-refractivity contribution in [1.29, 1.82) is 0 Å². The molecule has 0 bridgehead atoms. The molecule has 324 valence electrons. The Bertz CT molecular complexity index is 2710. The standard InChI is InChI=1S/C46H48ClFN6O7S/c1-46(2)15-9-33(39(25-46)37-7-4-34(47)23-40(37)48)28-53-17-11-30(12-18-53)31-3-6-38(43(22-31)61-35-21-32-10-16-49-44(32)51-27-35)45(55)52-62(58,59)36-5-8-41(42(24-36)54(56)57)50-26-29-13-19-60-20-14-29/h3-8,10-11,16,21-24,27,29,50H,9,12-15,17-20,25-26,28H2,1-2H3,(H,49,51)(H,52,55). The van der Waals surface area contributed by atoms with E-state index >= 15 is 4.39 Å². The minimum atomic E-state index is -4.58. The molecule has 4 heterocycles.